The van der Waals surface area contributed by atoms with Crippen molar-refractivity contribution in [1.82, 2.24) is 0 Å². The van der Waals surface area contributed by atoms with E-state index in [0.717, 1.165) is 21.9 Å². The van der Waals surface area contributed by atoms with E-state index in [9.17, 15) is 5.11 Å². The van der Waals surface area contributed by atoms with Crippen LogP contribution < -0.4 is 4.74 Å². The van der Waals surface area contributed by atoms with Crippen LogP contribution in [0.1, 0.15) is 24.0 Å². The Morgan fingerprint density at radius 1 is 0.923 bits per heavy atom. The summed E-state index contributed by atoms with van der Waals surface area (Å²) < 4.78 is 5.43. The highest BCUT2D eigenvalue weighted by Crippen LogP contribution is 2.27. The molecule has 0 aliphatic heterocycles. The van der Waals surface area contributed by atoms with E-state index >= 15 is 0 Å². The minimum absolute atomic E-state index is 0.514. The van der Waals surface area contributed by atoms with E-state index in [1.807, 2.05) is 66.7 Å². The molecule has 26 heavy (non-hydrogen) atoms. The first-order valence-electron chi connectivity index (χ1n) is 8.57. The van der Waals surface area contributed by atoms with Crippen molar-refractivity contribution in [2.75, 3.05) is 7.11 Å². The van der Waals surface area contributed by atoms with Gasteiger partial charge < -0.3 is 9.84 Å². The third-order valence-corrected chi connectivity index (χ3v) is 4.02. The summed E-state index contributed by atoms with van der Waals surface area (Å²) >= 11 is 0. The number of aliphatic hydroxyl groups excluding tert-OH is 1. The Labute approximate surface area is 154 Å². The van der Waals surface area contributed by atoms with Crippen molar-refractivity contribution in [3.63, 3.8) is 0 Å². The summed E-state index contributed by atoms with van der Waals surface area (Å²) in [5.74, 6) is 12.9. The summed E-state index contributed by atoms with van der Waals surface area (Å²) in [6.07, 6.45) is 0.390. The molecule has 2 heteroatoms. The number of benzene rings is 3. The molecular weight excluding hydrogens is 320 g/mol. The second kappa shape index (κ2) is 8.77. The van der Waals surface area contributed by atoms with E-state index in [2.05, 4.69) is 23.7 Å². The molecule has 0 amide bonds. The Bertz CT molecular complexity index is 998. The van der Waals surface area contributed by atoms with Gasteiger partial charge in [-0.05, 0) is 30.0 Å². The third-order valence-electron chi connectivity index (χ3n) is 4.02. The van der Waals surface area contributed by atoms with Gasteiger partial charge in [-0.1, -0.05) is 72.2 Å². The first-order valence-corrected chi connectivity index (χ1v) is 8.57. The Balaban J connectivity index is 1.71. The van der Waals surface area contributed by atoms with E-state index in [1.165, 1.54) is 0 Å². The maximum Gasteiger partial charge on any atom is 0.135 e. The molecule has 1 atom stereocenters. The quantitative estimate of drug-likeness (QED) is 0.717. The van der Waals surface area contributed by atoms with E-state index < -0.39 is 6.10 Å². The third kappa shape index (κ3) is 4.45. The van der Waals surface area contributed by atoms with Gasteiger partial charge in [-0.15, -0.1) is 0 Å². The standard InChI is InChI=1S/C24H20O2/c1-26-24-18-15-20-12-6-8-14-22(20)23(24)17-16-21(25)13-7-5-11-19-9-3-2-4-10-19/h2-4,6,8-10,12,14-15,18,21,25H,7,13H2,1H3. The molecule has 0 aliphatic carbocycles. The number of hydrogen-bond donors (Lipinski definition) is 1. The lowest BCUT2D eigenvalue weighted by Crippen LogP contribution is -2.02. The highest BCUT2D eigenvalue weighted by atomic mass is 16.5. The van der Waals surface area contributed by atoms with Crippen LogP contribution in [0, 0.1) is 23.7 Å². The van der Waals surface area contributed by atoms with Crippen molar-refractivity contribution >= 4 is 10.8 Å². The molecule has 0 bridgehead atoms. The molecule has 2 nitrogen and oxygen atoms in total. The minimum atomic E-state index is -0.719. The molecule has 1 unspecified atom stereocenters. The number of fused-ring (bicyclic) bond motifs is 1. The van der Waals surface area contributed by atoms with Crippen LogP contribution >= 0.6 is 0 Å². The van der Waals surface area contributed by atoms with Gasteiger partial charge in [-0.3, -0.25) is 0 Å². The van der Waals surface area contributed by atoms with Crippen molar-refractivity contribution in [3.8, 4) is 29.4 Å². The van der Waals surface area contributed by atoms with Crippen molar-refractivity contribution in [2.24, 2.45) is 0 Å². The lowest BCUT2D eigenvalue weighted by atomic mass is 10.0. The molecule has 0 radical (unpaired) electrons. The summed E-state index contributed by atoms with van der Waals surface area (Å²) in [6, 6.07) is 21.8. The Morgan fingerprint density at radius 3 is 2.50 bits per heavy atom. The van der Waals surface area contributed by atoms with Crippen molar-refractivity contribution in [2.45, 2.75) is 18.9 Å². The van der Waals surface area contributed by atoms with E-state index in [4.69, 9.17) is 4.74 Å². The molecule has 0 spiro atoms. The number of rotatable bonds is 3. The van der Waals surface area contributed by atoms with Gasteiger partial charge in [0.15, 0.2) is 0 Å². The number of ether oxygens (including phenoxy) is 1. The molecule has 3 rings (SSSR count). The zero-order chi connectivity index (χ0) is 18.2. The van der Waals surface area contributed by atoms with Crippen LogP contribution in [0.25, 0.3) is 10.8 Å². The number of methoxy groups -OCH3 is 1. The Morgan fingerprint density at radius 2 is 1.69 bits per heavy atom. The first-order chi connectivity index (χ1) is 12.8. The van der Waals surface area contributed by atoms with Gasteiger partial charge in [0.1, 0.15) is 11.9 Å². The van der Waals surface area contributed by atoms with Gasteiger partial charge in [0.05, 0.1) is 12.7 Å². The molecule has 0 heterocycles. The fraction of sp³-hybridized carbons (Fsp3) is 0.167. The summed E-state index contributed by atoms with van der Waals surface area (Å²) in [5, 5.41) is 12.3. The summed E-state index contributed by atoms with van der Waals surface area (Å²) in [4.78, 5) is 0. The summed E-state index contributed by atoms with van der Waals surface area (Å²) in [7, 11) is 1.63. The molecule has 1 N–H and O–H groups in total. The molecular formula is C24H20O2. The van der Waals surface area contributed by atoms with Gasteiger partial charge in [0.2, 0.25) is 0 Å². The number of hydrogen-bond acceptors (Lipinski definition) is 2. The molecule has 3 aromatic carbocycles. The molecule has 0 aliphatic rings. The maximum atomic E-state index is 10.2. The molecule has 0 saturated carbocycles. The zero-order valence-corrected chi connectivity index (χ0v) is 14.7. The SMILES string of the molecule is COc1ccc2ccccc2c1C#CC(O)CCC#Cc1ccccc1. The normalized spacial score (nSPS) is 11.0. The lowest BCUT2D eigenvalue weighted by Gasteiger charge is -2.07. The summed E-state index contributed by atoms with van der Waals surface area (Å²) in [6.45, 7) is 0. The van der Waals surface area contributed by atoms with Crippen LogP contribution in [0.5, 0.6) is 5.75 Å². The van der Waals surface area contributed by atoms with Crippen LogP contribution in [0.2, 0.25) is 0 Å². The molecule has 0 saturated heterocycles. The van der Waals surface area contributed by atoms with Crippen LogP contribution in [0.15, 0.2) is 66.7 Å². The number of aliphatic hydroxyl groups is 1. The van der Waals surface area contributed by atoms with E-state index in [0.29, 0.717) is 18.6 Å². The van der Waals surface area contributed by atoms with E-state index in [-0.39, 0.29) is 0 Å². The van der Waals surface area contributed by atoms with Crippen LogP contribution in [0.3, 0.4) is 0 Å². The van der Waals surface area contributed by atoms with Crippen molar-refractivity contribution in [3.05, 3.63) is 77.9 Å². The fourth-order valence-electron chi connectivity index (χ4n) is 2.67. The predicted molar refractivity (Wildman–Crippen MR) is 106 cm³/mol. The monoisotopic (exact) mass is 340 g/mol. The molecule has 3 aromatic rings. The van der Waals surface area contributed by atoms with E-state index in [1.54, 1.807) is 7.11 Å². The maximum absolute atomic E-state index is 10.2. The van der Waals surface area contributed by atoms with Crippen LogP contribution in [0.4, 0.5) is 0 Å². The topological polar surface area (TPSA) is 29.5 Å². The van der Waals surface area contributed by atoms with Crippen LogP contribution in [-0.2, 0) is 0 Å². The van der Waals surface area contributed by atoms with Crippen molar-refractivity contribution in [1.29, 1.82) is 0 Å². The van der Waals surface area contributed by atoms with Gasteiger partial charge in [0, 0.05) is 17.4 Å². The highest BCUT2D eigenvalue weighted by Gasteiger charge is 2.06. The minimum Gasteiger partial charge on any atom is -0.495 e. The zero-order valence-electron chi connectivity index (χ0n) is 14.7. The Hall–Kier alpha value is -3.20. The second-order valence-corrected chi connectivity index (χ2v) is 5.86. The van der Waals surface area contributed by atoms with Gasteiger partial charge in [0.25, 0.3) is 0 Å². The first kappa shape index (κ1) is 17.6. The molecule has 0 fully saturated rings. The second-order valence-electron chi connectivity index (χ2n) is 5.86. The smallest absolute Gasteiger partial charge is 0.135 e. The fourth-order valence-corrected chi connectivity index (χ4v) is 2.67. The summed E-state index contributed by atoms with van der Waals surface area (Å²) in [5.41, 5.74) is 1.79. The molecule has 128 valence electrons. The van der Waals surface area contributed by atoms with Crippen molar-refractivity contribution < 1.29 is 9.84 Å². The highest BCUT2D eigenvalue weighted by molar-refractivity contribution is 5.90. The lowest BCUT2D eigenvalue weighted by molar-refractivity contribution is 0.224. The van der Waals surface area contributed by atoms with Gasteiger partial charge in [-0.2, -0.15) is 0 Å². The average molecular weight is 340 g/mol. The molecule has 0 aromatic heterocycles. The van der Waals surface area contributed by atoms with Gasteiger partial charge >= 0.3 is 0 Å². The average Bonchev–Trinajstić information content (AvgIpc) is 2.70. The Kier molecular flexibility index (Phi) is 5.94. The van der Waals surface area contributed by atoms with Gasteiger partial charge in [-0.25, -0.2) is 0 Å². The predicted octanol–water partition coefficient (Wildman–Crippen LogP) is 4.39. The largest absolute Gasteiger partial charge is 0.495 e. The van der Waals surface area contributed by atoms with Crippen LogP contribution in [-0.4, -0.2) is 18.3 Å².